The van der Waals surface area contributed by atoms with Gasteiger partial charge < -0.3 is 10.2 Å². The molecule has 0 amide bonds. The van der Waals surface area contributed by atoms with Crippen molar-refractivity contribution < 1.29 is 0 Å². The normalized spacial score (nSPS) is 24.5. The molecule has 1 saturated heterocycles. The fraction of sp³-hybridized carbons (Fsp3) is 0.667. The molecule has 2 aliphatic heterocycles. The van der Waals surface area contributed by atoms with Crippen LogP contribution in [0.2, 0.25) is 0 Å². The molecule has 1 N–H and O–H groups in total. The average Bonchev–Trinajstić information content (AvgIpc) is 2.71. The number of hydrogen-bond donors (Lipinski definition) is 1. The van der Waals surface area contributed by atoms with Crippen molar-refractivity contribution in [2.24, 2.45) is 5.41 Å². The van der Waals surface area contributed by atoms with Crippen LogP contribution in [0.15, 0.2) is 18.2 Å². The van der Waals surface area contributed by atoms with Gasteiger partial charge in [-0.15, -0.1) is 0 Å². The van der Waals surface area contributed by atoms with Crippen LogP contribution in [0.25, 0.3) is 0 Å². The number of nitrogens with one attached hydrogen (secondary N) is 1. The summed E-state index contributed by atoms with van der Waals surface area (Å²) in [5.74, 6) is 0. The maximum absolute atomic E-state index is 3.56. The molecule has 108 valence electrons. The Bertz CT molecular complexity index is 478. The average molecular weight is 270 g/mol. The third-order valence-electron chi connectivity index (χ3n) is 5.61. The van der Waals surface area contributed by atoms with Gasteiger partial charge in [-0.25, -0.2) is 0 Å². The minimum absolute atomic E-state index is 0.666. The third-order valence-corrected chi connectivity index (χ3v) is 5.61. The lowest BCUT2D eigenvalue weighted by atomic mass is 9.73. The summed E-state index contributed by atoms with van der Waals surface area (Å²) in [6.07, 6.45) is 11.3. The zero-order valence-electron chi connectivity index (χ0n) is 12.5. The second-order valence-corrected chi connectivity index (χ2v) is 7.14. The molecule has 1 saturated carbocycles. The van der Waals surface area contributed by atoms with E-state index in [4.69, 9.17) is 0 Å². The highest BCUT2D eigenvalue weighted by Crippen LogP contribution is 2.45. The molecule has 1 aromatic carbocycles. The molecule has 20 heavy (non-hydrogen) atoms. The summed E-state index contributed by atoms with van der Waals surface area (Å²) in [6.45, 7) is 3.73. The number of anilines is 2. The molecule has 2 nitrogen and oxygen atoms in total. The van der Waals surface area contributed by atoms with Crippen molar-refractivity contribution in [2.45, 2.75) is 51.4 Å². The van der Waals surface area contributed by atoms with Crippen molar-refractivity contribution in [2.75, 3.05) is 29.9 Å². The van der Waals surface area contributed by atoms with Crippen LogP contribution < -0.4 is 10.2 Å². The van der Waals surface area contributed by atoms with Gasteiger partial charge in [-0.3, -0.25) is 0 Å². The van der Waals surface area contributed by atoms with Crippen molar-refractivity contribution in [3.8, 4) is 0 Å². The number of nitrogens with zero attached hydrogens (tertiary/aromatic N) is 1. The monoisotopic (exact) mass is 270 g/mol. The Labute approximate surface area is 122 Å². The second kappa shape index (κ2) is 4.98. The maximum Gasteiger partial charge on any atom is 0.0393 e. The van der Waals surface area contributed by atoms with Gasteiger partial charge in [0.1, 0.15) is 0 Å². The smallest absolute Gasteiger partial charge is 0.0393 e. The molecule has 1 aromatic rings. The van der Waals surface area contributed by atoms with E-state index in [2.05, 4.69) is 28.4 Å². The second-order valence-electron chi connectivity index (χ2n) is 7.14. The lowest BCUT2D eigenvalue weighted by Gasteiger charge is -2.52. The number of benzene rings is 1. The van der Waals surface area contributed by atoms with Crippen LogP contribution in [0, 0.1) is 5.41 Å². The number of rotatable bonds is 1. The molecule has 2 heterocycles. The quantitative estimate of drug-likeness (QED) is 0.822. The van der Waals surface area contributed by atoms with E-state index in [1.54, 1.807) is 0 Å². The largest absolute Gasteiger partial charge is 0.385 e. The molecule has 0 aromatic heterocycles. The van der Waals surface area contributed by atoms with Gasteiger partial charge >= 0.3 is 0 Å². The Balaban J connectivity index is 1.47. The maximum atomic E-state index is 3.56. The van der Waals surface area contributed by atoms with E-state index in [-0.39, 0.29) is 0 Å². The summed E-state index contributed by atoms with van der Waals surface area (Å²) in [4.78, 5) is 2.60. The van der Waals surface area contributed by atoms with Gasteiger partial charge in [0.2, 0.25) is 0 Å². The van der Waals surface area contributed by atoms with E-state index in [1.165, 1.54) is 81.4 Å². The zero-order valence-corrected chi connectivity index (χ0v) is 12.5. The van der Waals surface area contributed by atoms with E-state index in [1.807, 2.05) is 0 Å². The fourth-order valence-corrected chi connectivity index (χ4v) is 4.39. The summed E-state index contributed by atoms with van der Waals surface area (Å²) >= 11 is 0. The van der Waals surface area contributed by atoms with Gasteiger partial charge in [-0.05, 0) is 43.4 Å². The van der Waals surface area contributed by atoms with Gasteiger partial charge in [-0.1, -0.05) is 31.7 Å². The summed E-state index contributed by atoms with van der Waals surface area (Å²) in [6, 6.07) is 7.07. The predicted octanol–water partition coefficient (Wildman–Crippen LogP) is 4.21. The molecule has 0 radical (unpaired) electrons. The van der Waals surface area contributed by atoms with Gasteiger partial charge in [0, 0.05) is 36.4 Å². The lowest BCUT2D eigenvalue weighted by Crippen LogP contribution is -2.56. The molecular weight excluding hydrogens is 244 g/mol. The lowest BCUT2D eigenvalue weighted by molar-refractivity contribution is 0.180. The van der Waals surface area contributed by atoms with Crippen LogP contribution in [0.3, 0.4) is 0 Å². The predicted molar refractivity (Wildman–Crippen MR) is 85.6 cm³/mol. The Morgan fingerprint density at radius 1 is 0.950 bits per heavy atom. The fourth-order valence-electron chi connectivity index (χ4n) is 4.39. The van der Waals surface area contributed by atoms with Crippen LogP contribution >= 0.6 is 0 Å². The molecule has 2 fully saturated rings. The first-order chi connectivity index (χ1) is 9.85. The standard InChI is InChI=1S/C18H26N2/c1-2-4-10-18(9-3-1)13-20(14-18)16-8-7-15-6-5-11-19-17(15)12-16/h7-8,12,19H,1-6,9-11,13-14H2. The Morgan fingerprint density at radius 3 is 2.55 bits per heavy atom. The molecule has 0 unspecified atom stereocenters. The van der Waals surface area contributed by atoms with E-state index < -0.39 is 0 Å². The van der Waals surface area contributed by atoms with Crippen molar-refractivity contribution in [3.05, 3.63) is 23.8 Å². The Morgan fingerprint density at radius 2 is 1.75 bits per heavy atom. The SMILES string of the molecule is c1cc2c(cc1N1CC3(CCCCCC3)C1)NCCC2. The van der Waals surface area contributed by atoms with Crippen molar-refractivity contribution in [3.63, 3.8) is 0 Å². The summed E-state index contributed by atoms with van der Waals surface area (Å²) < 4.78 is 0. The topological polar surface area (TPSA) is 15.3 Å². The molecule has 0 atom stereocenters. The van der Waals surface area contributed by atoms with E-state index in [0.29, 0.717) is 5.41 Å². The van der Waals surface area contributed by atoms with Crippen LogP contribution in [0.5, 0.6) is 0 Å². The summed E-state index contributed by atoms with van der Waals surface area (Å²) in [7, 11) is 0. The summed E-state index contributed by atoms with van der Waals surface area (Å²) in [5.41, 5.74) is 4.99. The first-order valence-corrected chi connectivity index (χ1v) is 8.47. The molecule has 4 rings (SSSR count). The first kappa shape index (κ1) is 12.6. The van der Waals surface area contributed by atoms with Gasteiger partial charge in [0.05, 0.1) is 0 Å². The number of hydrogen-bond acceptors (Lipinski definition) is 2. The molecule has 1 spiro atoms. The van der Waals surface area contributed by atoms with Crippen LogP contribution in [0.4, 0.5) is 11.4 Å². The van der Waals surface area contributed by atoms with Gasteiger partial charge in [0.25, 0.3) is 0 Å². The molecule has 0 bridgehead atoms. The molecule has 3 aliphatic rings. The summed E-state index contributed by atoms with van der Waals surface area (Å²) in [5, 5.41) is 3.56. The van der Waals surface area contributed by atoms with E-state index in [9.17, 15) is 0 Å². The van der Waals surface area contributed by atoms with Gasteiger partial charge in [-0.2, -0.15) is 0 Å². The van der Waals surface area contributed by atoms with Crippen molar-refractivity contribution in [1.29, 1.82) is 0 Å². The van der Waals surface area contributed by atoms with E-state index >= 15 is 0 Å². The van der Waals surface area contributed by atoms with Crippen molar-refractivity contribution in [1.82, 2.24) is 0 Å². The van der Waals surface area contributed by atoms with E-state index in [0.717, 1.165) is 6.54 Å². The molecule has 2 heteroatoms. The number of fused-ring (bicyclic) bond motifs is 1. The first-order valence-electron chi connectivity index (χ1n) is 8.47. The Kier molecular flexibility index (Phi) is 3.13. The number of aryl methyl sites for hydroxylation is 1. The van der Waals surface area contributed by atoms with Crippen LogP contribution in [0.1, 0.15) is 50.5 Å². The van der Waals surface area contributed by atoms with Crippen molar-refractivity contribution >= 4 is 11.4 Å². The van der Waals surface area contributed by atoms with Crippen LogP contribution in [-0.4, -0.2) is 19.6 Å². The zero-order chi connectivity index (χ0) is 13.4. The highest BCUT2D eigenvalue weighted by molar-refractivity contribution is 5.64. The highest BCUT2D eigenvalue weighted by atomic mass is 15.2. The molecule has 1 aliphatic carbocycles. The van der Waals surface area contributed by atoms with Gasteiger partial charge in [0.15, 0.2) is 0 Å². The van der Waals surface area contributed by atoms with Crippen LogP contribution in [-0.2, 0) is 6.42 Å². The minimum atomic E-state index is 0.666. The highest BCUT2D eigenvalue weighted by Gasteiger charge is 2.42. The molecular formula is C18H26N2. The minimum Gasteiger partial charge on any atom is -0.385 e. The third kappa shape index (κ3) is 2.19. The Hall–Kier alpha value is -1.18.